The van der Waals surface area contributed by atoms with Crippen LogP contribution in [-0.2, 0) is 4.79 Å². The molecule has 0 unspecified atom stereocenters. The molecular formula is C13H10Br2N2O2S. The number of nitrogens with two attached hydrogens (primary N) is 1. The molecule has 0 aliphatic rings. The van der Waals surface area contributed by atoms with Gasteiger partial charge in [-0.3, -0.25) is 9.59 Å². The normalized spacial score (nSPS) is 11.9. The zero-order valence-electron chi connectivity index (χ0n) is 10.1. The van der Waals surface area contributed by atoms with Crippen molar-refractivity contribution in [1.82, 2.24) is 5.32 Å². The van der Waals surface area contributed by atoms with Crippen molar-refractivity contribution in [3.63, 3.8) is 0 Å². The van der Waals surface area contributed by atoms with Gasteiger partial charge in [0.15, 0.2) is 0 Å². The minimum atomic E-state index is -0.844. The maximum Gasteiger partial charge on any atom is 0.262 e. The maximum atomic E-state index is 12.1. The van der Waals surface area contributed by atoms with Crippen molar-refractivity contribution in [1.29, 1.82) is 0 Å². The summed E-state index contributed by atoms with van der Waals surface area (Å²) in [6.45, 7) is 0. The maximum absolute atomic E-state index is 12.1. The van der Waals surface area contributed by atoms with Crippen molar-refractivity contribution in [2.24, 2.45) is 5.73 Å². The Balaban J connectivity index is 2.21. The van der Waals surface area contributed by atoms with E-state index in [4.69, 9.17) is 5.73 Å². The smallest absolute Gasteiger partial charge is 0.262 e. The van der Waals surface area contributed by atoms with Crippen LogP contribution < -0.4 is 11.1 Å². The van der Waals surface area contributed by atoms with Gasteiger partial charge >= 0.3 is 0 Å². The van der Waals surface area contributed by atoms with Crippen LogP contribution in [0.2, 0.25) is 0 Å². The Labute approximate surface area is 136 Å². The summed E-state index contributed by atoms with van der Waals surface area (Å²) in [6.07, 6.45) is 0. The standard InChI is InChI=1S/C13H10Br2N2O2S/c14-8-6-9(20-11(8)15)13(19)17-10(12(16)18)7-4-2-1-3-5-7/h1-6,10H,(H2,16,18)(H,17,19)/t10-/m0/s1. The fraction of sp³-hybridized carbons (Fsp3) is 0.0769. The molecule has 2 rings (SSSR count). The molecule has 1 atom stereocenters. The molecule has 104 valence electrons. The summed E-state index contributed by atoms with van der Waals surface area (Å²) < 4.78 is 1.61. The molecule has 0 aliphatic heterocycles. The van der Waals surface area contributed by atoms with E-state index >= 15 is 0 Å². The summed E-state index contributed by atoms with van der Waals surface area (Å²) in [5.74, 6) is -0.937. The van der Waals surface area contributed by atoms with Crippen LogP contribution >= 0.6 is 43.2 Å². The van der Waals surface area contributed by atoms with Crippen LogP contribution in [-0.4, -0.2) is 11.8 Å². The predicted molar refractivity (Wildman–Crippen MR) is 85.6 cm³/mol. The van der Waals surface area contributed by atoms with Crippen LogP contribution in [0.25, 0.3) is 0 Å². The van der Waals surface area contributed by atoms with Crippen molar-refractivity contribution >= 4 is 55.0 Å². The van der Waals surface area contributed by atoms with Crippen molar-refractivity contribution < 1.29 is 9.59 Å². The van der Waals surface area contributed by atoms with Crippen molar-refractivity contribution in [2.45, 2.75) is 6.04 Å². The lowest BCUT2D eigenvalue weighted by atomic mass is 10.1. The molecule has 1 heterocycles. The summed E-state index contributed by atoms with van der Waals surface area (Å²) >= 11 is 7.92. The monoisotopic (exact) mass is 416 g/mol. The fourth-order valence-electron chi connectivity index (χ4n) is 1.62. The highest BCUT2D eigenvalue weighted by atomic mass is 79.9. The van der Waals surface area contributed by atoms with Gasteiger partial charge in [-0.25, -0.2) is 0 Å². The van der Waals surface area contributed by atoms with E-state index < -0.39 is 11.9 Å². The lowest BCUT2D eigenvalue weighted by Gasteiger charge is -2.15. The van der Waals surface area contributed by atoms with Gasteiger partial charge in [-0.1, -0.05) is 30.3 Å². The van der Waals surface area contributed by atoms with E-state index in [2.05, 4.69) is 37.2 Å². The van der Waals surface area contributed by atoms with Crippen molar-refractivity contribution in [3.05, 3.63) is 55.1 Å². The number of amides is 2. The highest BCUT2D eigenvalue weighted by Crippen LogP contribution is 2.32. The molecule has 0 bridgehead atoms. The Morgan fingerprint density at radius 3 is 2.35 bits per heavy atom. The average molecular weight is 418 g/mol. The van der Waals surface area contributed by atoms with Gasteiger partial charge in [-0.05, 0) is 43.5 Å². The molecule has 3 N–H and O–H groups in total. The van der Waals surface area contributed by atoms with E-state index in [-0.39, 0.29) is 5.91 Å². The minimum Gasteiger partial charge on any atom is -0.368 e. The van der Waals surface area contributed by atoms with E-state index in [1.807, 2.05) is 6.07 Å². The summed E-state index contributed by atoms with van der Waals surface area (Å²) in [5.41, 5.74) is 6.02. The molecule has 0 fully saturated rings. The van der Waals surface area contributed by atoms with Crippen LogP contribution in [0.1, 0.15) is 21.3 Å². The van der Waals surface area contributed by atoms with E-state index in [0.717, 1.165) is 8.26 Å². The largest absolute Gasteiger partial charge is 0.368 e. The highest BCUT2D eigenvalue weighted by molar-refractivity contribution is 9.13. The van der Waals surface area contributed by atoms with Gasteiger partial charge < -0.3 is 11.1 Å². The summed E-state index contributed by atoms with van der Waals surface area (Å²) in [6, 6.07) is 9.74. The van der Waals surface area contributed by atoms with Crippen molar-refractivity contribution in [2.75, 3.05) is 0 Å². The Hall–Kier alpha value is -1.18. The lowest BCUT2D eigenvalue weighted by molar-refractivity contribution is -0.120. The fourth-order valence-corrected chi connectivity index (χ4v) is 3.56. The predicted octanol–water partition coefficient (Wildman–Crippen LogP) is 3.23. The third-order valence-electron chi connectivity index (χ3n) is 2.56. The first-order valence-corrected chi connectivity index (χ1v) is 7.99. The Bertz CT molecular complexity index is 624. The van der Waals surface area contributed by atoms with Crippen LogP contribution in [0.15, 0.2) is 44.7 Å². The summed E-state index contributed by atoms with van der Waals surface area (Å²) in [7, 11) is 0. The third-order valence-corrected chi connectivity index (χ3v) is 5.82. The number of primary amides is 1. The number of carbonyl (C=O) groups is 2. The molecule has 2 aromatic rings. The minimum absolute atomic E-state index is 0.339. The number of nitrogens with one attached hydrogen (secondary N) is 1. The summed E-state index contributed by atoms with van der Waals surface area (Å²) in [5, 5.41) is 2.64. The van der Waals surface area contributed by atoms with Gasteiger partial charge in [0.25, 0.3) is 5.91 Å². The average Bonchev–Trinajstić information content (AvgIpc) is 2.76. The molecule has 1 aromatic heterocycles. The SMILES string of the molecule is NC(=O)[C@@H](NC(=O)c1cc(Br)c(Br)s1)c1ccccc1. The number of rotatable bonds is 4. The molecular weight excluding hydrogens is 408 g/mol. The third kappa shape index (κ3) is 3.47. The second-order valence-corrected chi connectivity index (χ2v) is 7.18. The number of hydrogen-bond donors (Lipinski definition) is 2. The molecule has 0 aliphatic carbocycles. The lowest BCUT2D eigenvalue weighted by Crippen LogP contribution is -2.37. The molecule has 0 saturated heterocycles. The topological polar surface area (TPSA) is 72.2 Å². The van der Waals surface area contributed by atoms with E-state index in [9.17, 15) is 9.59 Å². The Morgan fingerprint density at radius 2 is 1.85 bits per heavy atom. The number of thiophene rings is 1. The molecule has 0 saturated carbocycles. The molecule has 0 spiro atoms. The second-order valence-electron chi connectivity index (χ2n) is 3.95. The highest BCUT2D eigenvalue weighted by Gasteiger charge is 2.22. The van der Waals surface area contributed by atoms with Gasteiger partial charge in [-0.2, -0.15) is 0 Å². The summed E-state index contributed by atoms with van der Waals surface area (Å²) in [4.78, 5) is 24.2. The number of benzene rings is 1. The molecule has 1 aromatic carbocycles. The molecule has 0 radical (unpaired) electrons. The zero-order chi connectivity index (χ0) is 14.7. The van der Waals surface area contributed by atoms with Gasteiger partial charge in [0.1, 0.15) is 6.04 Å². The number of halogens is 2. The molecule has 20 heavy (non-hydrogen) atoms. The first-order chi connectivity index (χ1) is 9.49. The Kier molecular flexibility index (Phi) is 4.95. The first-order valence-electron chi connectivity index (χ1n) is 5.59. The quantitative estimate of drug-likeness (QED) is 0.801. The van der Waals surface area contributed by atoms with E-state index in [1.165, 1.54) is 11.3 Å². The Morgan fingerprint density at radius 1 is 1.20 bits per heavy atom. The van der Waals surface area contributed by atoms with E-state index in [0.29, 0.717) is 10.4 Å². The van der Waals surface area contributed by atoms with Gasteiger partial charge in [0, 0.05) is 4.47 Å². The zero-order valence-corrected chi connectivity index (χ0v) is 14.1. The van der Waals surface area contributed by atoms with Crippen LogP contribution in [0.4, 0.5) is 0 Å². The van der Waals surface area contributed by atoms with Gasteiger partial charge in [0.05, 0.1) is 8.66 Å². The second kappa shape index (κ2) is 6.51. The van der Waals surface area contributed by atoms with Crippen LogP contribution in [0, 0.1) is 0 Å². The number of hydrogen-bond acceptors (Lipinski definition) is 3. The molecule has 4 nitrogen and oxygen atoms in total. The van der Waals surface area contributed by atoms with Crippen LogP contribution in [0.3, 0.4) is 0 Å². The molecule has 7 heteroatoms. The first kappa shape index (κ1) is 15.2. The van der Waals surface area contributed by atoms with Gasteiger partial charge in [-0.15, -0.1) is 11.3 Å². The van der Waals surface area contributed by atoms with E-state index in [1.54, 1.807) is 30.3 Å². The molecule has 2 amide bonds. The van der Waals surface area contributed by atoms with Crippen LogP contribution in [0.5, 0.6) is 0 Å². The van der Waals surface area contributed by atoms with Crippen molar-refractivity contribution in [3.8, 4) is 0 Å². The number of carbonyl (C=O) groups excluding carboxylic acids is 2. The van der Waals surface area contributed by atoms with Gasteiger partial charge in [0.2, 0.25) is 5.91 Å².